The lowest BCUT2D eigenvalue weighted by molar-refractivity contribution is -0.126. The monoisotopic (exact) mass is 480 g/mol. The lowest BCUT2D eigenvalue weighted by atomic mass is 9.74. The topological polar surface area (TPSA) is 95.6 Å². The van der Waals surface area contributed by atoms with Crippen molar-refractivity contribution in [2.24, 2.45) is 5.92 Å². The Hall–Kier alpha value is -3.46. The third-order valence-corrected chi connectivity index (χ3v) is 7.37. The lowest BCUT2D eigenvalue weighted by Crippen LogP contribution is -2.46. The van der Waals surface area contributed by atoms with Gasteiger partial charge in [0.2, 0.25) is 18.6 Å². The van der Waals surface area contributed by atoms with Gasteiger partial charge in [-0.1, -0.05) is 6.07 Å². The molecule has 0 radical (unpaired) electrons. The molecule has 0 aliphatic carbocycles. The molecule has 184 valence electrons. The maximum atomic E-state index is 13.2. The molecule has 0 saturated carbocycles. The summed E-state index contributed by atoms with van der Waals surface area (Å²) in [5, 5.41) is 3.15. The first-order valence-electron chi connectivity index (χ1n) is 12.1. The van der Waals surface area contributed by atoms with Gasteiger partial charge in [-0.2, -0.15) is 0 Å². The Bertz CT molecular complexity index is 1140. The molecule has 0 spiro atoms. The van der Waals surface area contributed by atoms with Crippen LogP contribution >= 0.6 is 0 Å². The molecule has 6 rings (SSSR count). The van der Waals surface area contributed by atoms with Crippen LogP contribution in [0.15, 0.2) is 36.4 Å². The fourth-order valence-corrected chi connectivity index (χ4v) is 5.29. The predicted octanol–water partition coefficient (Wildman–Crippen LogP) is 2.40. The number of rotatable bonds is 5. The molecule has 9 nitrogen and oxygen atoms in total. The molecular formula is C26H28N2O7. The van der Waals surface area contributed by atoms with Gasteiger partial charge in [0.25, 0.3) is 0 Å². The summed E-state index contributed by atoms with van der Waals surface area (Å²) in [4.78, 5) is 27.6. The largest absolute Gasteiger partial charge is 0.486 e. The molecule has 9 heteroatoms. The highest BCUT2D eigenvalue weighted by Crippen LogP contribution is 2.41. The molecule has 4 aliphatic rings. The van der Waals surface area contributed by atoms with Crippen LogP contribution in [0.5, 0.6) is 23.0 Å². The number of carbonyl (C=O) groups excluding carboxylic acids is 2. The Morgan fingerprint density at radius 2 is 1.63 bits per heavy atom. The van der Waals surface area contributed by atoms with Crippen molar-refractivity contribution >= 4 is 17.5 Å². The average Bonchev–Trinajstić information content (AvgIpc) is 3.53. The number of amides is 2. The van der Waals surface area contributed by atoms with Crippen molar-refractivity contribution in [3.63, 3.8) is 0 Å². The first-order valence-corrected chi connectivity index (χ1v) is 12.1. The van der Waals surface area contributed by atoms with Crippen LogP contribution in [0.2, 0.25) is 0 Å². The number of anilines is 1. The van der Waals surface area contributed by atoms with Crippen LogP contribution in [0, 0.1) is 5.92 Å². The Balaban J connectivity index is 1.15. The normalized spacial score (nSPS) is 22.2. The third kappa shape index (κ3) is 4.14. The molecule has 0 aromatic heterocycles. The van der Waals surface area contributed by atoms with Crippen LogP contribution in [-0.4, -0.2) is 58.1 Å². The van der Waals surface area contributed by atoms with E-state index < -0.39 is 5.92 Å². The van der Waals surface area contributed by atoms with Gasteiger partial charge in [-0.25, -0.2) is 0 Å². The van der Waals surface area contributed by atoms with E-state index in [4.69, 9.17) is 23.7 Å². The first kappa shape index (κ1) is 22.0. The average molecular weight is 481 g/mol. The highest BCUT2D eigenvalue weighted by molar-refractivity contribution is 6.00. The standard InChI is InChI=1S/C26H28N2O7/c29-24-11-17(14-28(24)19-2-4-20-23(13-19)33-10-9-32-20)25(30)27-15-26(5-7-31-8-6-26)18-1-3-21-22(12-18)35-16-34-21/h1-4,12-13,17H,5-11,14-16H2,(H,27,30). The summed E-state index contributed by atoms with van der Waals surface area (Å²) in [7, 11) is 0. The zero-order valence-corrected chi connectivity index (χ0v) is 19.4. The van der Waals surface area contributed by atoms with Crippen molar-refractivity contribution in [3.05, 3.63) is 42.0 Å². The third-order valence-electron chi connectivity index (χ3n) is 7.37. The Morgan fingerprint density at radius 3 is 2.49 bits per heavy atom. The summed E-state index contributed by atoms with van der Waals surface area (Å²) in [6.07, 6.45) is 1.76. The maximum absolute atomic E-state index is 13.2. The number of nitrogens with one attached hydrogen (secondary N) is 1. The maximum Gasteiger partial charge on any atom is 0.231 e. The van der Waals surface area contributed by atoms with Crippen molar-refractivity contribution in [2.45, 2.75) is 24.7 Å². The predicted molar refractivity (Wildman–Crippen MR) is 125 cm³/mol. The summed E-state index contributed by atoms with van der Waals surface area (Å²) >= 11 is 0. The van der Waals surface area contributed by atoms with Gasteiger partial charge in [0.1, 0.15) is 13.2 Å². The second-order valence-corrected chi connectivity index (χ2v) is 9.41. The van der Waals surface area contributed by atoms with E-state index in [2.05, 4.69) is 5.32 Å². The smallest absolute Gasteiger partial charge is 0.231 e. The van der Waals surface area contributed by atoms with Gasteiger partial charge in [0.05, 0.1) is 5.92 Å². The first-order chi connectivity index (χ1) is 17.1. The Kier molecular flexibility index (Phi) is 5.64. The van der Waals surface area contributed by atoms with Gasteiger partial charge in [-0.3, -0.25) is 9.59 Å². The van der Waals surface area contributed by atoms with E-state index in [0.717, 1.165) is 35.6 Å². The highest BCUT2D eigenvalue weighted by atomic mass is 16.7. The molecule has 1 unspecified atom stereocenters. The minimum absolute atomic E-state index is 0.0709. The molecule has 4 heterocycles. The molecule has 2 amide bonds. The van der Waals surface area contributed by atoms with Crippen molar-refractivity contribution in [3.8, 4) is 23.0 Å². The minimum Gasteiger partial charge on any atom is -0.486 e. The zero-order chi connectivity index (χ0) is 23.8. The summed E-state index contributed by atoms with van der Waals surface area (Å²) in [6.45, 7) is 3.28. The fraction of sp³-hybridized carbons (Fsp3) is 0.462. The summed E-state index contributed by atoms with van der Waals surface area (Å²) in [5.41, 5.74) is 1.56. The van der Waals surface area contributed by atoms with Gasteiger partial charge >= 0.3 is 0 Å². The zero-order valence-electron chi connectivity index (χ0n) is 19.4. The molecule has 2 aromatic rings. The van der Waals surface area contributed by atoms with E-state index >= 15 is 0 Å². The van der Waals surface area contributed by atoms with E-state index in [-0.39, 0.29) is 30.4 Å². The fourth-order valence-electron chi connectivity index (χ4n) is 5.29. The van der Waals surface area contributed by atoms with Crippen LogP contribution in [-0.2, 0) is 19.7 Å². The van der Waals surface area contributed by atoms with E-state index in [1.807, 2.05) is 36.4 Å². The van der Waals surface area contributed by atoms with Gasteiger partial charge in [-0.05, 0) is 42.7 Å². The van der Waals surface area contributed by atoms with Crippen molar-refractivity contribution < 1.29 is 33.3 Å². The molecule has 1 atom stereocenters. The number of fused-ring (bicyclic) bond motifs is 2. The molecule has 2 saturated heterocycles. The van der Waals surface area contributed by atoms with Gasteiger partial charge < -0.3 is 33.9 Å². The van der Waals surface area contributed by atoms with Gasteiger partial charge in [0.15, 0.2) is 23.0 Å². The van der Waals surface area contributed by atoms with Crippen LogP contribution < -0.4 is 29.2 Å². The highest BCUT2D eigenvalue weighted by Gasteiger charge is 2.39. The van der Waals surface area contributed by atoms with Crippen LogP contribution in [0.3, 0.4) is 0 Å². The number of ether oxygens (including phenoxy) is 5. The van der Waals surface area contributed by atoms with Crippen LogP contribution in [0.25, 0.3) is 0 Å². The van der Waals surface area contributed by atoms with Crippen LogP contribution in [0.4, 0.5) is 5.69 Å². The molecule has 4 aliphatic heterocycles. The lowest BCUT2D eigenvalue weighted by Gasteiger charge is -2.38. The number of hydrogen-bond donors (Lipinski definition) is 1. The molecule has 35 heavy (non-hydrogen) atoms. The second kappa shape index (κ2) is 8.96. The summed E-state index contributed by atoms with van der Waals surface area (Å²) < 4.78 is 27.9. The Morgan fingerprint density at radius 1 is 0.914 bits per heavy atom. The van der Waals surface area contributed by atoms with E-state index in [9.17, 15) is 9.59 Å². The molecular weight excluding hydrogens is 452 g/mol. The van der Waals surface area contributed by atoms with Gasteiger partial charge in [0, 0.05) is 49.9 Å². The molecule has 2 aromatic carbocycles. The SMILES string of the molecule is O=C(NCC1(c2ccc3c(c2)OCO3)CCOCC1)C1CC(=O)N(c2ccc3c(c2)OCCO3)C1. The molecule has 2 fully saturated rings. The second-order valence-electron chi connectivity index (χ2n) is 9.41. The van der Waals surface area contributed by atoms with E-state index in [0.29, 0.717) is 51.0 Å². The summed E-state index contributed by atoms with van der Waals surface area (Å²) in [5.74, 6) is 2.18. The summed E-state index contributed by atoms with van der Waals surface area (Å²) in [6, 6.07) is 11.4. The van der Waals surface area contributed by atoms with E-state index in [1.165, 1.54) is 0 Å². The van der Waals surface area contributed by atoms with Crippen molar-refractivity contribution in [1.29, 1.82) is 0 Å². The number of hydrogen-bond acceptors (Lipinski definition) is 7. The van der Waals surface area contributed by atoms with Crippen molar-refractivity contribution in [1.82, 2.24) is 5.32 Å². The quantitative estimate of drug-likeness (QED) is 0.702. The number of carbonyl (C=O) groups is 2. The molecule has 0 bridgehead atoms. The van der Waals surface area contributed by atoms with Crippen molar-refractivity contribution in [2.75, 3.05) is 51.2 Å². The van der Waals surface area contributed by atoms with Crippen LogP contribution in [0.1, 0.15) is 24.8 Å². The van der Waals surface area contributed by atoms with E-state index in [1.54, 1.807) is 4.90 Å². The number of nitrogens with zero attached hydrogens (tertiary/aromatic N) is 1. The molecule has 1 N–H and O–H groups in total. The van der Waals surface area contributed by atoms with Gasteiger partial charge in [-0.15, -0.1) is 0 Å². The minimum atomic E-state index is -0.413. The Labute approximate surface area is 203 Å². The number of benzene rings is 2.